The van der Waals surface area contributed by atoms with E-state index in [4.69, 9.17) is 5.73 Å². The number of fused-ring (bicyclic) bond motifs is 2. The van der Waals surface area contributed by atoms with Crippen molar-refractivity contribution in [2.45, 2.75) is 95.1 Å². The van der Waals surface area contributed by atoms with E-state index in [1.54, 1.807) is 0 Å². The molecule has 0 heterocycles. The lowest BCUT2D eigenvalue weighted by atomic mass is 9.54. The summed E-state index contributed by atoms with van der Waals surface area (Å²) in [4.78, 5) is 12.8. The van der Waals surface area contributed by atoms with E-state index in [2.05, 4.69) is 47.9 Å². The summed E-state index contributed by atoms with van der Waals surface area (Å²) in [6.07, 6.45) is 12.7. The highest BCUT2D eigenvalue weighted by molar-refractivity contribution is 5.76. The molecule has 0 radical (unpaired) electrons. The van der Waals surface area contributed by atoms with Crippen molar-refractivity contribution < 1.29 is 4.79 Å². The molecule has 3 aliphatic rings. The molecule has 4 unspecified atom stereocenters. The quantitative estimate of drug-likeness (QED) is 0.573. The number of carbonyl (C=O) groups excluding carboxylic acids is 1. The van der Waals surface area contributed by atoms with Gasteiger partial charge in [-0.15, -0.1) is 0 Å². The molecule has 0 aromatic heterocycles. The fraction of sp³-hybridized carbons (Fsp3) is 0.741. The van der Waals surface area contributed by atoms with Crippen LogP contribution in [0.1, 0.15) is 83.1 Å². The van der Waals surface area contributed by atoms with Gasteiger partial charge in [-0.25, -0.2) is 0 Å². The Morgan fingerprint density at radius 3 is 2.58 bits per heavy atom. The third-order valence-corrected chi connectivity index (χ3v) is 8.67. The topological polar surface area (TPSA) is 67.2 Å². The minimum Gasteiger partial charge on any atom is -0.353 e. The third-order valence-electron chi connectivity index (χ3n) is 8.67. The molecule has 31 heavy (non-hydrogen) atoms. The van der Waals surface area contributed by atoms with Gasteiger partial charge in [-0.05, 0) is 99.6 Å². The normalized spacial score (nSPS) is 35.5. The van der Waals surface area contributed by atoms with Gasteiger partial charge in [-0.1, -0.05) is 43.7 Å². The van der Waals surface area contributed by atoms with Gasteiger partial charge >= 0.3 is 0 Å². The average molecular weight is 426 g/mol. The van der Waals surface area contributed by atoms with E-state index in [1.165, 1.54) is 37.7 Å². The Morgan fingerprint density at radius 1 is 1.10 bits per heavy atom. The highest BCUT2D eigenvalue weighted by Gasteiger charge is 2.48. The number of benzene rings is 1. The van der Waals surface area contributed by atoms with E-state index in [0.717, 1.165) is 51.1 Å². The lowest BCUT2D eigenvalue weighted by Gasteiger charge is -2.53. The van der Waals surface area contributed by atoms with Crippen LogP contribution in [0.15, 0.2) is 30.3 Å². The first-order chi connectivity index (χ1) is 15.1. The molecule has 4 heteroatoms. The molecule has 1 amide bonds. The minimum absolute atomic E-state index is 0.260. The van der Waals surface area contributed by atoms with Crippen LogP contribution in [-0.4, -0.2) is 31.1 Å². The van der Waals surface area contributed by atoms with Gasteiger partial charge in [0.05, 0.1) is 0 Å². The van der Waals surface area contributed by atoms with Crippen LogP contribution in [0.4, 0.5) is 0 Å². The van der Waals surface area contributed by atoms with Crippen LogP contribution in [0.2, 0.25) is 0 Å². The maximum absolute atomic E-state index is 12.8. The Hall–Kier alpha value is -1.39. The van der Waals surface area contributed by atoms with Gasteiger partial charge in [0, 0.05) is 18.5 Å². The summed E-state index contributed by atoms with van der Waals surface area (Å²) in [5.74, 6) is 2.24. The van der Waals surface area contributed by atoms with E-state index in [1.807, 2.05) is 0 Å². The highest BCUT2D eigenvalue weighted by Crippen LogP contribution is 2.53. The first-order valence-electron chi connectivity index (χ1n) is 12.9. The largest absolute Gasteiger partial charge is 0.353 e. The van der Waals surface area contributed by atoms with Crippen LogP contribution in [0.5, 0.6) is 0 Å². The summed E-state index contributed by atoms with van der Waals surface area (Å²) in [5.41, 5.74) is 7.66. The zero-order chi connectivity index (χ0) is 21.7. The van der Waals surface area contributed by atoms with E-state index in [0.29, 0.717) is 35.8 Å². The Bertz CT molecular complexity index is 700. The monoisotopic (exact) mass is 425 g/mol. The Labute approximate surface area is 189 Å². The number of hydrogen-bond donors (Lipinski definition) is 3. The molecule has 4 atom stereocenters. The number of nitrogens with one attached hydrogen (secondary N) is 2. The smallest absolute Gasteiger partial charge is 0.220 e. The molecule has 1 aromatic carbocycles. The van der Waals surface area contributed by atoms with Crippen LogP contribution in [0.3, 0.4) is 0 Å². The summed E-state index contributed by atoms with van der Waals surface area (Å²) in [6, 6.07) is 12.1. The molecule has 0 saturated heterocycles. The molecule has 0 aliphatic heterocycles. The maximum atomic E-state index is 12.8. The molecule has 172 valence electrons. The number of rotatable bonds is 8. The second kappa shape index (κ2) is 10.5. The van der Waals surface area contributed by atoms with Gasteiger partial charge in [-0.3, -0.25) is 4.79 Å². The van der Waals surface area contributed by atoms with Gasteiger partial charge < -0.3 is 16.4 Å². The maximum Gasteiger partial charge on any atom is 0.220 e. The number of carbonyl (C=O) groups is 1. The van der Waals surface area contributed by atoms with Crippen molar-refractivity contribution in [3.05, 3.63) is 35.9 Å². The fourth-order valence-corrected chi connectivity index (χ4v) is 7.10. The predicted octanol–water partition coefficient (Wildman–Crippen LogP) is 4.53. The molecule has 3 saturated carbocycles. The molecule has 1 aromatic rings. The molecule has 3 fully saturated rings. The molecule has 3 aliphatic carbocycles. The molecule has 4 rings (SSSR count). The van der Waals surface area contributed by atoms with Crippen molar-refractivity contribution in [2.75, 3.05) is 13.1 Å². The predicted molar refractivity (Wildman–Crippen MR) is 128 cm³/mol. The van der Waals surface area contributed by atoms with E-state index >= 15 is 0 Å². The Morgan fingerprint density at radius 2 is 1.87 bits per heavy atom. The molecular weight excluding hydrogens is 382 g/mol. The van der Waals surface area contributed by atoms with Crippen molar-refractivity contribution >= 4 is 5.91 Å². The molecule has 4 N–H and O–H groups in total. The van der Waals surface area contributed by atoms with Crippen molar-refractivity contribution in [3.63, 3.8) is 0 Å². The number of nitrogens with two attached hydrogens (primary N) is 1. The van der Waals surface area contributed by atoms with Crippen LogP contribution in [0, 0.1) is 17.8 Å². The van der Waals surface area contributed by atoms with Crippen LogP contribution in [0.25, 0.3) is 0 Å². The SMILES string of the molecule is CCNC1C2CCCC(c3ccccc3)(C2)CC1CCC(=O)NC1CCC(CN)CC1. The van der Waals surface area contributed by atoms with Gasteiger partial charge in [0.2, 0.25) is 5.91 Å². The lowest BCUT2D eigenvalue weighted by molar-refractivity contribution is -0.122. The second-order valence-corrected chi connectivity index (χ2v) is 10.6. The van der Waals surface area contributed by atoms with Crippen LogP contribution in [-0.2, 0) is 10.2 Å². The van der Waals surface area contributed by atoms with Gasteiger partial charge in [-0.2, -0.15) is 0 Å². The van der Waals surface area contributed by atoms with Crippen molar-refractivity contribution in [3.8, 4) is 0 Å². The summed E-state index contributed by atoms with van der Waals surface area (Å²) in [5, 5.41) is 7.17. The average Bonchev–Trinajstić information content (AvgIpc) is 2.81. The van der Waals surface area contributed by atoms with Crippen LogP contribution >= 0.6 is 0 Å². The van der Waals surface area contributed by atoms with E-state index < -0.39 is 0 Å². The summed E-state index contributed by atoms with van der Waals surface area (Å²) in [6.45, 7) is 4.04. The summed E-state index contributed by atoms with van der Waals surface area (Å²) < 4.78 is 0. The van der Waals surface area contributed by atoms with Gasteiger partial charge in [0.1, 0.15) is 0 Å². The standard InChI is InChI=1S/C27H43N3O/c1-2-29-26-21-7-6-16-27(17-21,23-8-4-3-5-9-23)18-22(26)12-15-25(31)30-24-13-10-20(19-28)11-14-24/h3-5,8-9,20-22,24,26,29H,2,6-7,10-19,28H2,1H3,(H,30,31). The number of amides is 1. The molecule has 0 spiro atoms. The zero-order valence-corrected chi connectivity index (χ0v) is 19.5. The van der Waals surface area contributed by atoms with Crippen molar-refractivity contribution in [1.82, 2.24) is 10.6 Å². The molecule has 4 nitrogen and oxygen atoms in total. The number of hydrogen-bond acceptors (Lipinski definition) is 3. The van der Waals surface area contributed by atoms with Gasteiger partial charge in [0.25, 0.3) is 0 Å². The second-order valence-electron chi connectivity index (χ2n) is 10.6. The van der Waals surface area contributed by atoms with Crippen LogP contribution < -0.4 is 16.4 Å². The fourth-order valence-electron chi connectivity index (χ4n) is 7.10. The summed E-state index contributed by atoms with van der Waals surface area (Å²) in [7, 11) is 0. The molecule has 2 bridgehead atoms. The van der Waals surface area contributed by atoms with Crippen molar-refractivity contribution in [2.24, 2.45) is 23.5 Å². The third kappa shape index (κ3) is 5.34. The highest BCUT2D eigenvalue weighted by atomic mass is 16.1. The summed E-state index contributed by atoms with van der Waals surface area (Å²) >= 11 is 0. The zero-order valence-electron chi connectivity index (χ0n) is 19.5. The van der Waals surface area contributed by atoms with E-state index in [9.17, 15) is 4.79 Å². The van der Waals surface area contributed by atoms with Crippen molar-refractivity contribution in [1.29, 1.82) is 0 Å². The first kappa shape index (κ1) is 22.8. The molecular formula is C27H43N3O. The Balaban J connectivity index is 1.39. The van der Waals surface area contributed by atoms with Gasteiger partial charge in [0.15, 0.2) is 0 Å². The Kier molecular flexibility index (Phi) is 7.71. The first-order valence-corrected chi connectivity index (χ1v) is 12.9. The van der Waals surface area contributed by atoms with E-state index in [-0.39, 0.29) is 5.91 Å². The lowest BCUT2D eigenvalue weighted by Crippen LogP contribution is -2.53. The minimum atomic E-state index is 0.260.